The van der Waals surface area contributed by atoms with E-state index in [9.17, 15) is 14.9 Å². The molecule has 33 heavy (non-hydrogen) atoms. The van der Waals surface area contributed by atoms with E-state index in [2.05, 4.69) is 11.1 Å². The van der Waals surface area contributed by atoms with E-state index in [1.807, 2.05) is 6.07 Å². The van der Waals surface area contributed by atoms with Crippen LogP contribution in [0.2, 0.25) is 5.02 Å². The zero-order chi connectivity index (χ0) is 24.2. The Hall–Kier alpha value is -3.63. The zero-order valence-corrected chi connectivity index (χ0v) is 19.6. The summed E-state index contributed by atoms with van der Waals surface area (Å²) in [6.07, 6.45) is 4.93. The lowest BCUT2D eigenvalue weighted by Gasteiger charge is -2.26. The summed E-state index contributed by atoms with van der Waals surface area (Å²) in [4.78, 5) is 30.4. The lowest BCUT2D eigenvalue weighted by Crippen LogP contribution is -2.36. The predicted molar refractivity (Wildman–Crippen MR) is 125 cm³/mol. The van der Waals surface area contributed by atoms with Crippen LogP contribution in [0.3, 0.4) is 0 Å². The number of pyridine rings is 2. The van der Waals surface area contributed by atoms with Gasteiger partial charge in [-0.25, -0.2) is 4.79 Å². The number of rotatable bonds is 6. The number of hydrogen-bond donors (Lipinski definition) is 0. The molecule has 0 saturated heterocycles. The minimum absolute atomic E-state index is 0.200. The van der Waals surface area contributed by atoms with Gasteiger partial charge in [-0.05, 0) is 50.6 Å². The van der Waals surface area contributed by atoms with Crippen LogP contribution in [0.4, 0.5) is 0 Å². The van der Waals surface area contributed by atoms with Crippen LogP contribution in [0.5, 0.6) is 5.75 Å². The third-order valence-electron chi connectivity index (χ3n) is 4.82. The molecule has 0 saturated carbocycles. The molecule has 0 amide bonds. The van der Waals surface area contributed by atoms with E-state index in [1.165, 1.54) is 23.9 Å². The van der Waals surface area contributed by atoms with Crippen molar-refractivity contribution >= 4 is 17.6 Å². The van der Waals surface area contributed by atoms with Gasteiger partial charge in [0.1, 0.15) is 17.4 Å². The molecule has 1 atom stereocenters. The number of esters is 1. The molecule has 3 rings (SSSR count). The number of nitrogens with zero attached hydrogens (tertiary/aromatic N) is 3. The number of benzene rings is 1. The number of halogens is 1. The minimum atomic E-state index is -0.946. The molecule has 1 unspecified atom stereocenters. The number of ether oxygens (including phenoxy) is 2. The molecule has 0 aliphatic rings. The molecule has 0 N–H and O–H groups in total. The molecule has 1 aromatic carbocycles. The molecule has 170 valence electrons. The van der Waals surface area contributed by atoms with E-state index < -0.39 is 23.2 Å². The summed E-state index contributed by atoms with van der Waals surface area (Å²) in [5, 5.41) is 9.92. The van der Waals surface area contributed by atoms with Crippen LogP contribution in [-0.2, 0) is 16.0 Å². The van der Waals surface area contributed by atoms with Gasteiger partial charge in [0, 0.05) is 41.0 Å². The maximum Gasteiger partial charge on any atom is 0.330 e. The van der Waals surface area contributed by atoms with Gasteiger partial charge in [-0.15, -0.1) is 0 Å². The van der Waals surface area contributed by atoms with E-state index in [0.717, 1.165) is 5.56 Å². The standard InChI is InChI=1S/C25H24ClN3O4/c1-25(2,3)33-24(31)21(10-16-6-5-9-28-14-16)29-15-22(32-4)20(12-23(29)30)19-11-18(26)8-7-17(19)13-27/h5-9,11-12,14-15,21H,10H2,1-4H3. The Morgan fingerprint density at radius 3 is 2.61 bits per heavy atom. The van der Waals surface area contributed by atoms with Crippen molar-refractivity contribution in [3.63, 3.8) is 0 Å². The molecule has 0 spiro atoms. The monoisotopic (exact) mass is 465 g/mol. The Morgan fingerprint density at radius 1 is 1.24 bits per heavy atom. The smallest absolute Gasteiger partial charge is 0.330 e. The second kappa shape index (κ2) is 9.88. The third kappa shape index (κ3) is 5.79. The molecule has 2 aromatic heterocycles. The predicted octanol–water partition coefficient (Wildman–Crippen LogP) is 4.57. The van der Waals surface area contributed by atoms with Gasteiger partial charge in [0.15, 0.2) is 0 Å². The van der Waals surface area contributed by atoms with Gasteiger partial charge in [0.05, 0.1) is 24.9 Å². The van der Waals surface area contributed by atoms with E-state index in [0.29, 0.717) is 27.5 Å². The average Bonchev–Trinajstić information content (AvgIpc) is 2.77. The number of carbonyl (C=O) groups is 1. The van der Waals surface area contributed by atoms with Gasteiger partial charge in [-0.3, -0.25) is 14.3 Å². The molecule has 0 aliphatic carbocycles. The Kier molecular flexibility index (Phi) is 7.19. The fourth-order valence-corrected chi connectivity index (χ4v) is 3.56. The molecule has 0 bridgehead atoms. The summed E-state index contributed by atoms with van der Waals surface area (Å²) < 4.78 is 12.4. The highest BCUT2D eigenvalue weighted by molar-refractivity contribution is 6.31. The van der Waals surface area contributed by atoms with Crippen LogP contribution < -0.4 is 10.3 Å². The largest absolute Gasteiger partial charge is 0.495 e. The maximum absolute atomic E-state index is 13.2. The Bertz CT molecular complexity index is 1260. The Balaban J connectivity index is 2.15. The quantitative estimate of drug-likeness (QED) is 0.495. The molecule has 8 heteroatoms. The van der Waals surface area contributed by atoms with E-state index >= 15 is 0 Å². The van der Waals surface area contributed by atoms with Gasteiger partial charge < -0.3 is 9.47 Å². The SMILES string of the molecule is COc1cn(C(Cc2cccnc2)C(=O)OC(C)(C)C)c(=O)cc1-c1cc(Cl)ccc1C#N. The number of carbonyl (C=O) groups excluding carboxylic acids is 1. The van der Waals surface area contributed by atoms with Crippen molar-refractivity contribution < 1.29 is 14.3 Å². The molecular formula is C25H24ClN3O4. The van der Waals surface area contributed by atoms with Crippen LogP contribution in [0.15, 0.2) is 59.8 Å². The summed E-state index contributed by atoms with van der Waals surface area (Å²) in [6, 6.07) is 10.9. The summed E-state index contributed by atoms with van der Waals surface area (Å²) in [5.74, 6) is -0.239. The van der Waals surface area contributed by atoms with Crippen LogP contribution in [0, 0.1) is 11.3 Å². The lowest BCUT2D eigenvalue weighted by molar-refractivity contribution is -0.159. The van der Waals surface area contributed by atoms with Crippen molar-refractivity contribution in [2.24, 2.45) is 0 Å². The highest BCUT2D eigenvalue weighted by atomic mass is 35.5. The number of aromatic nitrogens is 2. The first-order valence-corrected chi connectivity index (χ1v) is 10.6. The number of hydrogen-bond acceptors (Lipinski definition) is 6. The molecule has 2 heterocycles. The molecule has 0 fully saturated rings. The topological polar surface area (TPSA) is 94.2 Å². The molecule has 7 nitrogen and oxygen atoms in total. The van der Waals surface area contributed by atoms with Crippen molar-refractivity contribution in [3.05, 3.63) is 81.5 Å². The normalized spacial score (nSPS) is 12.0. The third-order valence-corrected chi connectivity index (χ3v) is 5.06. The van der Waals surface area contributed by atoms with Gasteiger partial charge in [0.2, 0.25) is 0 Å². The minimum Gasteiger partial charge on any atom is -0.495 e. The van der Waals surface area contributed by atoms with Crippen LogP contribution in [-0.4, -0.2) is 28.2 Å². The van der Waals surface area contributed by atoms with Gasteiger partial charge in [0.25, 0.3) is 5.56 Å². The molecule has 0 radical (unpaired) electrons. The first-order valence-electron chi connectivity index (χ1n) is 10.2. The second-order valence-electron chi connectivity index (χ2n) is 8.42. The second-order valence-corrected chi connectivity index (χ2v) is 8.85. The number of nitriles is 1. The van der Waals surface area contributed by atoms with Crippen molar-refractivity contribution in [1.29, 1.82) is 5.26 Å². The van der Waals surface area contributed by atoms with Gasteiger partial charge in [-0.2, -0.15) is 5.26 Å². The number of methoxy groups -OCH3 is 1. The molecular weight excluding hydrogens is 442 g/mol. The van der Waals surface area contributed by atoms with E-state index in [-0.39, 0.29) is 6.42 Å². The molecule has 3 aromatic rings. The molecule has 0 aliphatic heterocycles. The highest BCUT2D eigenvalue weighted by Crippen LogP contribution is 2.33. The fourth-order valence-electron chi connectivity index (χ4n) is 3.39. The highest BCUT2D eigenvalue weighted by Gasteiger charge is 2.29. The zero-order valence-electron chi connectivity index (χ0n) is 18.8. The maximum atomic E-state index is 13.2. The van der Waals surface area contributed by atoms with Crippen molar-refractivity contribution in [1.82, 2.24) is 9.55 Å². The van der Waals surface area contributed by atoms with Crippen molar-refractivity contribution in [3.8, 4) is 22.9 Å². The Labute approximate surface area is 197 Å². The van der Waals surface area contributed by atoms with Crippen LogP contribution in [0.25, 0.3) is 11.1 Å². The summed E-state index contributed by atoms with van der Waals surface area (Å²) in [7, 11) is 1.45. The van der Waals surface area contributed by atoms with Crippen LogP contribution in [0.1, 0.15) is 37.9 Å². The van der Waals surface area contributed by atoms with Crippen molar-refractivity contribution in [2.75, 3.05) is 7.11 Å². The summed E-state index contributed by atoms with van der Waals surface area (Å²) in [5.41, 5.74) is 0.794. The first kappa shape index (κ1) is 24.0. The van der Waals surface area contributed by atoms with Crippen molar-refractivity contribution in [2.45, 2.75) is 38.8 Å². The van der Waals surface area contributed by atoms with E-state index in [4.69, 9.17) is 21.1 Å². The van der Waals surface area contributed by atoms with Gasteiger partial charge in [-0.1, -0.05) is 17.7 Å². The first-order chi connectivity index (χ1) is 15.6. The Morgan fingerprint density at radius 2 is 2.00 bits per heavy atom. The van der Waals surface area contributed by atoms with Gasteiger partial charge >= 0.3 is 5.97 Å². The fraction of sp³-hybridized carbons (Fsp3) is 0.280. The summed E-state index contributed by atoms with van der Waals surface area (Å²) in [6.45, 7) is 5.29. The lowest BCUT2D eigenvalue weighted by atomic mass is 10.00. The van der Waals surface area contributed by atoms with E-state index in [1.54, 1.807) is 57.4 Å². The summed E-state index contributed by atoms with van der Waals surface area (Å²) >= 11 is 6.13. The average molecular weight is 466 g/mol. The van der Waals surface area contributed by atoms with Crippen LogP contribution >= 0.6 is 11.6 Å².